The monoisotopic (exact) mass is 449 g/mol. The lowest BCUT2D eigenvalue weighted by atomic mass is 10.1. The largest absolute Gasteiger partial charge is 0.420 e. The van der Waals surface area contributed by atoms with Gasteiger partial charge in [0.15, 0.2) is 0 Å². The van der Waals surface area contributed by atoms with Crippen LogP contribution in [0.15, 0.2) is 55.1 Å². The number of pyridine rings is 3. The van der Waals surface area contributed by atoms with Gasteiger partial charge in [-0.15, -0.1) is 0 Å². The summed E-state index contributed by atoms with van der Waals surface area (Å²) in [5.41, 5.74) is 1.09. The van der Waals surface area contributed by atoms with Gasteiger partial charge >= 0.3 is 6.18 Å². The van der Waals surface area contributed by atoms with Crippen molar-refractivity contribution in [2.75, 3.05) is 31.1 Å². The number of aromatic nitrogens is 4. The third-order valence-electron chi connectivity index (χ3n) is 5.61. The number of hydrogen-bond donors (Lipinski definition) is 1. The molecule has 4 aromatic rings. The number of nitriles is 1. The Morgan fingerprint density at radius 1 is 0.909 bits per heavy atom. The summed E-state index contributed by atoms with van der Waals surface area (Å²) in [6, 6.07) is 9.73. The number of hydrogen-bond acceptors (Lipinski definition) is 6. The molecular formula is C23H18F3N7. The van der Waals surface area contributed by atoms with Gasteiger partial charge in [0.2, 0.25) is 0 Å². The molecule has 0 bridgehead atoms. The number of imidazole rings is 1. The molecule has 5 rings (SSSR count). The number of rotatable bonds is 3. The number of fused-ring (bicyclic) bond motifs is 1. The van der Waals surface area contributed by atoms with Gasteiger partial charge in [-0.1, -0.05) is 0 Å². The molecule has 4 aromatic heterocycles. The molecule has 0 aliphatic carbocycles. The van der Waals surface area contributed by atoms with Crippen LogP contribution >= 0.6 is 0 Å². The zero-order valence-electron chi connectivity index (χ0n) is 17.3. The third-order valence-corrected chi connectivity index (χ3v) is 5.61. The lowest BCUT2D eigenvalue weighted by molar-refractivity contribution is -0.136. The van der Waals surface area contributed by atoms with Crippen LogP contribution in [0.25, 0.3) is 28.0 Å². The van der Waals surface area contributed by atoms with Gasteiger partial charge in [0.05, 0.1) is 17.5 Å². The zero-order valence-corrected chi connectivity index (χ0v) is 17.3. The van der Waals surface area contributed by atoms with Crippen molar-refractivity contribution in [3.05, 3.63) is 66.4 Å². The van der Waals surface area contributed by atoms with Crippen LogP contribution in [0.2, 0.25) is 0 Å². The molecule has 0 unspecified atom stereocenters. The predicted octanol–water partition coefficient (Wildman–Crippen LogP) is 3.76. The summed E-state index contributed by atoms with van der Waals surface area (Å²) >= 11 is 0. The van der Waals surface area contributed by atoms with E-state index < -0.39 is 11.7 Å². The fourth-order valence-corrected chi connectivity index (χ4v) is 3.92. The summed E-state index contributed by atoms with van der Waals surface area (Å²) in [6.07, 6.45) is 1.47. The van der Waals surface area contributed by atoms with Crippen LogP contribution in [0.1, 0.15) is 11.3 Å². The molecule has 0 saturated carbocycles. The van der Waals surface area contributed by atoms with Gasteiger partial charge in [-0.05, 0) is 30.3 Å². The van der Waals surface area contributed by atoms with E-state index in [0.29, 0.717) is 22.4 Å². The number of piperazine rings is 1. The number of nitrogens with zero attached hydrogens (tertiary/aromatic N) is 6. The van der Waals surface area contributed by atoms with Crippen molar-refractivity contribution in [3.63, 3.8) is 0 Å². The van der Waals surface area contributed by atoms with E-state index >= 15 is 0 Å². The fraction of sp³-hybridized carbons (Fsp3) is 0.217. The molecule has 1 N–H and O–H groups in total. The summed E-state index contributed by atoms with van der Waals surface area (Å²) in [4.78, 5) is 14.7. The van der Waals surface area contributed by atoms with Gasteiger partial charge in [0.1, 0.15) is 23.2 Å². The van der Waals surface area contributed by atoms with Gasteiger partial charge in [-0.25, -0.2) is 15.0 Å². The molecule has 0 radical (unpaired) electrons. The first-order valence-corrected chi connectivity index (χ1v) is 10.3. The zero-order chi connectivity index (χ0) is 23.0. The topological polar surface area (TPSA) is 82.1 Å². The van der Waals surface area contributed by atoms with Crippen molar-refractivity contribution in [1.29, 1.82) is 5.26 Å². The minimum atomic E-state index is -4.59. The molecule has 33 heavy (non-hydrogen) atoms. The second kappa shape index (κ2) is 8.18. The summed E-state index contributed by atoms with van der Waals surface area (Å²) in [7, 11) is 0. The minimum absolute atomic E-state index is 0.186. The van der Waals surface area contributed by atoms with Gasteiger partial charge in [0.25, 0.3) is 0 Å². The van der Waals surface area contributed by atoms with E-state index in [2.05, 4.69) is 25.2 Å². The first-order chi connectivity index (χ1) is 15.9. The smallest absolute Gasteiger partial charge is 0.354 e. The summed E-state index contributed by atoms with van der Waals surface area (Å²) in [5, 5.41) is 12.2. The number of alkyl halides is 3. The fourth-order valence-electron chi connectivity index (χ4n) is 3.92. The highest BCUT2D eigenvalue weighted by molar-refractivity contribution is 5.72. The van der Waals surface area contributed by atoms with Crippen LogP contribution < -0.4 is 10.2 Å². The number of halogens is 3. The molecule has 1 aliphatic heterocycles. The maximum Gasteiger partial charge on any atom is 0.420 e. The molecule has 166 valence electrons. The highest BCUT2D eigenvalue weighted by atomic mass is 19.4. The van der Waals surface area contributed by atoms with Crippen LogP contribution in [0.4, 0.5) is 19.0 Å². The van der Waals surface area contributed by atoms with Crippen molar-refractivity contribution < 1.29 is 13.2 Å². The Labute approximate surface area is 187 Å². The Balaban J connectivity index is 1.60. The van der Waals surface area contributed by atoms with Crippen LogP contribution in [0, 0.1) is 11.3 Å². The minimum Gasteiger partial charge on any atom is -0.354 e. The summed E-state index contributed by atoms with van der Waals surface area (Å²) in [5.74, 6) is 0.828. The van der Waals surface area contributed by atoms with Crippen molar-refractivity contribution in [2.45, 2.75) is 6.18 Å². The Kier molecular flexibility index (Phi) is 5.18. The second-order valence-electron chi connectivity index (χ2n) is 7.66. The van der Waals surface area contributed by atoms with Crippen molar-refractivity contribution in [2.24, 2.45) is 0 Å². The quantitative estimate of drug-likeness (QED) is 0.513. The van der Waals surface area contributed by atoms with Crippen LogP contribution in [-0.4, -0.2) is 45.5 Å². The maximum atomic E-state index is 13.9. The van der Waals surface area contributed by atoms with Gasteiger partial charge in [-0.3, -0.25) is 4.40 Å². The van der Waals surface area contributed by atoms with Gasteiger partial charge in [0, 0.05) is 61.5 Å². The molecule has 0 atom stereocenters. The van der Waals surface area contributed by atoms with Gasteiger partial charge < -0.3 is 10.2 Å². The van der Waals surface area contributed by atoms with Crippen LogP contribution in [0.3, 0.4) is 0 Å². The molecule has 5 heterocycles. The Hall–Kier alpha value is -3.97. The predicted molar refractivity (Wildman–Crippen MR) is 116 cm³/mol. The highest BCUT2D eigenvalue weighted by Crippen LogP contribution is 2.36. The molecule has 1 saturated heterocycles. The summed E-state index contributed by atoms with van der Waals surface area (Å²) < 4.78 is 43.0. The maximum absolute atomic E-state index is 13.9. The Morgan fingerprint density at radius 2 is 1.67 bits per heavy atom. The number of nitrogens with one attached hydrogen (secondary N) is 1. The summed E-state index contributed by atoms with van der Waals surface area (Å²) in [6.45, 7) is 3.45. The second-order valence-corrected chi connectivity index (χ2v) is 7.66. The molecule has 0 spiro atoms. The molecule has 1 aliphatic rings. The lowest BCUT2D eigenvalue weighted by Crippen LogP contribution is -2.43. The first kappa shape index (κ1) is 20.9. The normalized spacial score (nSPS) is 14.4. The van der Waals surface area contributed by atoms with Crippen LogP contribution in [0.5, 0.6) is 0 Å². The van der Waals surface area contributed by atoms with Crippen LogP contribution in [-0.2, 0) is 6.18 Å². The first-order valence-electron chi connectivity index (χ1n) is 10.3. The SMILES string of the molecule is N#Cc1ccc(-c2cc(C(F)(F)F)c3ncc(-c4ccc(N5CCNCC5)nc4)n3c2)cn1. The average Bonchev–Trinajstić information content (AvgIpc) is 3.27. The molecule has 7 nitrogen and oxygen atoms in total. The van der Waals surface area contributed by atoms with E-state index in [4.69, 9.17) is 5.26 Å². The Morgan fingerprint density at radius 3 is 2.30 bits per heavy atom. The van der Waals surface area contributed by atoms with Crippen molar-refractivity contribution in [3.8, 4) is 28.5 Å². The average molecular weight is 449 g/mol. The molecule has 0 aromatic carbocycles. The van der Waals surface area contributed by atoms with Gasteiger partial charge in [-0.2, -0.15) is 18.4 Å². The van der Waals surface area contributed by atoms with E-state index in [9.17, 15) is 13.2 Å². The van der Waals surface area contributed by atoms with E-state index in [0.717, 1.165) is 38.1 Å². The highest BCUT2D eigenvalue weighted by Gasteiger charge is 2.35. The molecule has 10 heteroatoms. The number of anilines is 1. The van der Waals surface area contributed by atoms with Crippen molar-refractivity contribution >= 4 is 11.5 Å². The standard InChI is InChI=1S/C23H18F3N7/c24-23(25,26)19-9-17(15-1-3-18(10-27)29-11-15)14-33-20(13-31-22(19)33)16-2-4-21(30-12-16)32-7-5-28-6-8-32/h1-4,9,11-14,28H,5-8H2. The molecule has 0 amide bonds. The van der Waals surface area contributed by atoms with E-state index in [1.54, 1.807) is 18.5 Å². The third kappa shape index (κ3) is 3.99. The van der Waals surface area contributed by atoms with E-state index in [1.807, 2.05) is 18.2 Å². The Bertz CT molecular complexity index is 1330. The molecule has 1 fully saturated rings. The van der Waals surface area contributed by atoms with E-state index in [1.165, 1.54) is 22.9 Å². The molecular weight excluding hydrogens is 431 g/mol. The van der Waals surface area contributed by atoms with E-state index in [-0.39, 0.29) is 11.3 Å². The lowest BCUT2D eigenvalue weighted by Gasteiger charge is -2.28. The van der Waals surface area contributed by atoms with Crippen molar-refractivity contribution in [1.82, 2.24) is 24.7 Å².